The standard InChI is InChI=1S/C13H13NO/c15-8-4-3-5-11-9-12-6-1-2-7-13(12)14-10-11/h1-2,6-10H,3-5H2. The van der Waals surface area contributed by atoms with E-state index in [-0.39, 0.29) is 0 Å². The zero-order chi connectivity index (χ0) is 10.5. The van der Waals surface area contributed by atoms with Gasteiger partial charge in [0, 0.05) is 18.0 Å². The minimum atomic E-state index is 0.632. The summed E-state index contributed by atoms with van der Waals surface area (Å²) in [6, 6.07) is 10.2. The van der Waals surface area contributed by atoms with E-state index in [1.54, 1.807) is 0 Å². The minimum Gasteiger partial charge on any atom is -0.303 e. The molecule has 0 spiro atoms. The largest absolute Gasteiger partial charge is 0.303 e. The number of pyridine rings is 1. The van der Waals surface area contributed by atoms with Gasteiger partial charge in [-0.15, -0.1) is 0 Å². The van der Waals surface area contributed by atoms with Crippen LogP contribution < -0.4 is 0 Å². The summed E-state index contributed by atoms with van der Waals surface area (Å²) in [7, 11) is 0. The Balaban J connectivity index is 2.19. The number of benzene rings is 1. The maximum atomic E-state index is 10.2. The number of carbonyl (C=O) groups is 1. The topological polar surface area (TPSA) is 30.0 Å². The molecule has 2 aromatic rings. The van der Waals surface area contributed by atoms with Gasteiger partial charge < -0.3 is 4.79 Å². The molecule has 0 atom stereocenters. The normalized spacial score (nSPS) is 10.4. The Morgan fingerprint density at radius 1 is 1.27 bits per heavy atom. The molecule has 0 unspecified atom stereocenters. The molecule has 2 heteroatoms. The van der Waals surface area contributed by atoms with Gasteiger partial charge in [0.15, 0.2) is 0 Å². The van der Waals surface area contributed by atoms with Crippen LogP contribution >= 0.6 is 0 Å². The van der Waals surface area contributed by atoms with Crippen LogP contribution in [0.3, 0.4) is 0 Å². The lowest BCUT2D eigenvalue weighted by Crippen LogP contribution is -1.88. The summed E-state index contributed by atoms with van der Waals surface area (Å²) >= 11 is 0. The number of nitrogens with zero attached hydrogens (tertiary/aromatic N) is 1. The van der Waals surface area contributed by atoms with E-state index in [0.717, 1.165) is 24.6 Å². The first-order valence-corrected chi connectivity index (χ1v) is 5.17. The molecule has 1 heterocycles. The first kappa shape index (κ1) is 9.84. The van der Waals surface area contributed by atoms with Crippen LogP contribution in [0.1, 0.15) is 18.4 Å². The maximum absolute atomic E-state index is 10.2. The van der Waals surface area contributed by atoms with Crippen molar-refractivity contribution in [2.24, 2.45) is 0 Å². The van der Waals surface area contributed by atoms with Gasteiger partial charge in [0.05, 0.1) is 5.52 Å². The van der Waals surface area contributed by atoms with Crippen molar-refractivity contribution in [3.05, 3.63) is 42.1 Å². The third-order valence-corrected chi connectivity index (χ3v) is 2.43. The van der Waals surface area contributed by atoms with Crippen molar-refractivity contribution in [1.29, 1.82) is 0 Å². The molecule has 0 N–H and O–H groups in total. The molecule has 15 heavy (non-hydrogen) atoms. The van der Waals surface area contributed by atoms with Gasteiger partial charge in [-0.1, -0.05) is 18.2 Å². The SMILES string of the molecule is O=CCCCc1cnc2ccccc2c1. The molecule has 0 aliphatic carbocycles. The minimum absolute atomic E-state index is 0.632. The van der Waals surface area contributed by atoms with Gasteiger partial charge in [0.25, 0.3) is 0 Å². The van der Waals surface area contributed by atoms with Crippen molar-refractivity contribution in [3.63, 3.8) is 0 Å². The van der Waals surface area contributed by atoms with Crippen molar-refractivity contribution in [1.82, 2.24) is 4.98 Å². The second-order valence-corrected chi connectivity index (χ2v) is 3.60. The second kappa shape index (κ2) is 4.69. The molecule has 0 amide bonds. The van der Waals surface area contributed by atoms with Crippen LogP contribution in [-0.2, 0) is 11.2 Å². The number of aryl methyl sites for hydroxylation is 1. The summed E-state index contributed by atoms with van der Waals surface area (Å²) in [4.78, 5) is 14.6. The van der Waals surface area contributed by atoms with Crippen LogP contribution in [0.25, 0.3) is 10.9 Å². The Kier molecular flexibility index (Phi) is 3.08. The summed E-state index contributed by atoms with van der Waals surface area (Å²) in [5.74, 6) is 0. The fourth-order valence-electron chi connectivity index (χ4n) is 1.64. The van der Waals surface area contributed by atoms with Crippen LogP contribution in [-0.4, -0.2) is 11.3 Å². The Morgan fingerprint density at radius 3 is 3.00 bits per heavy atom. The van der Waals surface area contributed by atoms with Crippen LogP contribution in [0.2, 0.25) is 0 Å². The Bertz CT molecular complexity index is 465. The lowest BCUT2D eigenvalue weighted by Gasteiger charge is -2.01. The number of hydrogen-bond acceptors (Lipinski definition) is 2. The number of carbonyl (C=O) groups excluding carboxylic acids is 1. The fourth-order valence-corrected chi connectivity index (χ4v) is 1.64. The smallest absolute Gasteiger partial charge is 0.120 e. The first-order valence-electron chi connectivity index (χ1n) is 5.17. The van der Waals surface area contributed by atoms with Crippen molar-refractivity contribution in [2.75, 3.05) is 0 Å². The summed E-state index contributed by atoms with van der Waals surface area (Å²) in [5, 5.41) is 1.17. The fraction of sp³-hybridized carbons (Fsp3) is 0.231. The third-order valence-electron chi connectivity index (χ3n) is 2.43. The summed E-state index contributed by atoms with van der Waals surface area (Å²) < 4.78 is 0. The molecular weight excluding hydrogens is 186 g/mol. The predicted molar refractivity (Wildman–Crippen MR) is 60.7 cm³/mol. The van der Waals surface area contributed by atoms with Gasteiger partial charge in [-0.25, -0.2) is 0 Å². The lowest BCUT2D eigenvalue weighted by molar-refractivity contribution is -0.107. The van der Waals surface area contributed by atoms with Crippen molar-refractivity contribution < 1.29 is 4.79 Å². The molecule has 2 nitrogen and oxygen atoms in total. The molecule has 1 aromatic carbocycles. The van der Waals surface area contributed by atoms with Gasteiger partial charge in [0.2, 0.25) is 0 Å². The molecule has 1 aromatic heterocycles. The number of aldehydes is 1. The van der Waals surface area contributed by atoms with Gasteiger partial charge >= 0.3 is 0 Å². The molecule has 2 rings (SSSR count). The van der Waals surface area contributed by atoms with Crippen molar-refractivity contribution >= 4 is 17.2 Å². The second-order valence-electron chi connectivity index (χ2n) is 3.60. The van der Waals surface area contributed by atoms with Crippen LogP contribution in [0.4, 0.5) is 0 Å². The molecule has 76 valence electrons. The Hall–Kier alpha value is -1.70. The predicted octanol–water partition coefficient (Wildman–Crippen LogP) is 2.76. The highest BCUT2D eigenvalue weighted by molar-refractivity contribution is 5.78. The van der Waals surface area contributed by atoms with Crippen LogP contribution in [0.15, 0.2) is 36.5 Å². The number of hydrogen-bond donors (Lipinski definition) is 0. The van der Waals surface area contributed by atoms with Gasteiger partial charge in [-0.2, -0.15) is 0 Å². The highest BCUT2D eigenvalue weighted by atomic mass is 16.1. The molecule has 0 saturated carbocycles. The average Bonchev–Trinajstić information content (AvgIpc) is 2.29. The molecule has 0 bridgehead atoms. The molecule has 0 saturated heterocycles. The van der Waals surface area contributed by atoms with E-state index < -0.39 is 0 Å². The van der Waals surface area contributed by atoms with Crippen LogP contribution in [0.5, 0.6) is 0 Å². The van der Waals surface area contributed by atoms with Crippen molar-refractivity contribution in [3.8, 4) is 0 Å². The molecular formula is C13H13NO. The molecule has 0 radical (unpaired) electrons. The number of unbranched alkanes of at least 4 members (excludes halogenated alkanes) is 1. The Labute approximate surface area is 89.0 Å². The van der Waals surface area contributed by atoms with E-state index in [2.05, 4.69) is 17.1 Å². The van der Waals surface area contributed by atoms with Crippen LogP contribution in [0, 0.1) is 0 Å². The summed E-state index contributed by atoms with van der Waals surface area (Å²) in [5.41, 5.74) is 2.23. The lowest BCUT2D eigenvalue weighted by atomic mass is 10.1. The monoisotopic (exact) mass is 199 g/mol. The number of para-hydroxylation sites is 1. The zero-order valence-electron chi connectivity index (χ0n) is 8.52. The van der Waals surface area contributed by atoms with E-state index in [4.69, 9.17) is 0 Å². The highest BCUT2D eigenvalue weighted by Crippen LogP contribution is 2.13. The third kappa shape index (κ3) is 2.40. The van der Waals surface area contributed by atoms with E-state index >= 15 is 0 Å². The zero-order valence-corrected chi connectivity index (χ0v) is 8.52. The number of rotatable bonds is 4. The van der Waals surface area contributed by atoms with Gasteiger partial charge in [0.1, 0.15) is 6.29 Å². The van der Waals surface area contributed by atoms with Crippen molar-refractivity contribution in [2.45, 2.75) is 19.3 Å². The highest BCUT2D eigenvalue weighted by Gasteiger charge is 1.97. The van der Waals surface area contributed by atoms with Gasteiger partial charge in [-0.3, -0.25) is 4.98 Å². The van der Waals surface area contributed by atoms with E-state index in [0.29, 0.717) is 6.42 Å². The quantitative estimate of drug-likeness (QED) is 0.559. The molecule has 0 aliphatic rings. The van der Waals surface area contributed by atoms with E-state index in [1.165, 1.54) is 10.9 Å². The Morgan fingerprint density at radius 2 is 2.13 bits per heavy atom. The maximum Gasteiger partial charge on any atom is 0.120 e. The molecule has 0 aliphatic heterocycles. The average molecular weight is 199 g/mol. The van der Waals surface area contributed by atoms with E-state index in [9.17, 15) is 4.79 Å². The molecule has 0 fully saturated rings. The number of fused-ring (bicyclic) bond motifs is 1. The van der Waals surface area contributed by atoms with Gasteiger partial charge in [-0.05, 0) is 30.5 Å². The first-order chi connectivity index (χ1) is 7.40. The summed E-state index contributed by atoms with van der Waals surface area (Å²) in [6.07, 6.45) is 5.33. The van der Waals surface area contributed by atoms with E-state index in [1.807, 2.05) is 24.4 Å². The number of aromatic nitrogens is 1. The summed E-state index contributed by atoms with van der Waals surface area (Å²) in [6.45, 7) is 0.